The smallest absolute Gasteiger partial charge is 0.322 e. The van der Waals surface area contributed by atoms with Crippen LogP contribution in [0.5, 0.6) is 6.01 Å². The highest BCUT2D eigenvalue weighted by atomic mass is 35.5. The van der Waals surface area contributed by atoms with Crippen molar-refractivity contribution in [2.24, 2.45) is 0 Å². The fourth-order valence-corrected chi connectivity index (χ4v) is 2.19. The first kappa shape index (κ1) is 14.3. The summed E-state index contributed by atoms with van der Waals surface area (Å²) < 4.78 is 10.9. The highest BCUT2D eigenvalue weighted by molar-refractivity contribution is 6.28. The molecule has 2 rings (SSSR count). The summed E-state index contributed by atoms with van der Waals surface area (Å²) in [5.41, 5.74) is 0. The number of ether oxygens (including phenoxy) is 2. The molecule has 1 aromatic rings. The molecule has 0 aromatic carbocycles. The predicted molar refractivity (Wildman–Crippen MR) is 72.9 cm³/mol. The Hall–Kier alpha value is -1.14. The molecule has 0 radical (unpaired) electrons. The quantitative estimate of drug-likeness (QED) is 0.796. The molecule has 0 amide bonds. The van der Waals surface area contributed by atoms with Crippen LogP contribution in [0, 0.1) is 0 Å². The van der Waals surface area contributed by atoms with Gasteiger partial charge in [-0.15, -0.1) is 0 Å². The van der Waals surface area contributed by atoms with Crippen LogP contribution < -0.4 is 9.64 Å². The van der Waals surface area contributed by atoms with Crippen LogP contribution in [0.15, 0.2) is 0 Å². The molecule has 19 heavy (non-hydrogen) atoms. The molecule has 1 fully saturated rings. The van der Waals surface area contributed by atoms with Crippen molar-refractivity contribution in [1.82, 2.24) is 15.0 Å². The topological polar surface area (TPSA) is 60.4 Å². The van der Waals surface area contributed by atoms with Crippen molar-refractivity contribution in [2.75, 3.05) is 31.2 Å². The Morgan fingerprint density at radius 1 is 1.37 bits per heavy atom. The summed E-state index contributed by atoms with van der Waals surface area (Å²) in [6.45, 7) is 6.81. The molecule has 0 N–H and O–H groups in total. The van der Waals surface area contributed by atoms with Gasteiger partial charge in [0.05, 0.1) is 12.7 Å². The molecule has 1 unspecified atom stereocenters. The largest absolute Gasteiger partial charge is 0.464 e. The fourth-order valence-electron chi connectivity index (χ4n) is 2.04. The Bertz CT molecular complexity index is 413. The van der Waals surface area contributed by atoms with Gasteiger partial charge in [-0.05, 0) is 38.3 Å². The predicted octanol–water partition coefficient (Wildman–Crippen LogP) is 1.93. The number of rotatable bonds is 6. The van der Waals surface area contributed by atoms with Crippen molar-refractivity contribution in [3.05, 3.63) is 5.28 Å². The molecule has 6 nitrogen and oxygen atoms in total. The summed E-state index contributed by atoms with van der Waals surface area (Å²) in [6, 6.07) is 0.267. The van der Waals surface area contributed by atoms with Crippen molar-refractivity contribution in [1.29, 1.82) is 0 Å². The number of halogens is 1. The minimum absolute atomic E-state index is 0.152. The van der Waals surface area contributed by atoms with E-state index in [1.54, 1.807) is 0 Å². The van der Waals surface area contributed by atoms with Crippen LogP contribution >= 0.6 is 11.6 Å². The van der Waals surface area contributed by atoms with Crippen LogP contribution in [0.25, 0.3) is 0 Å². The van der Waals surface area contributed by atoms with Gasteiger partial charge in [0.1, 0.15) is 0 Å². The van der Waals surface area contributed by atoms with Crippen molar-refractivity contribution >= 4 is 17.5 Å². The van der Waals surface area contributed by atoms with Crippen LogP contribution in [-0.2, 0) is 4.74 Å². The molecule has 1 saturated heterocycles. The lowest BCUT2D eigenvalue weighted by molar-refractivity contribution is 0.115. The van der Waals surface area contributed by atoms with Gasteiger partial charge in [0.2, 0.25) is 11.2 Å². The summed E-state index contributed by atoms with van der Waals surface area (Å²) in [4.78, 5) is 14.4. The second kappa shape index (κ2) is 6.86. The first-order valence-electron chi connectivity index (χ1n) is 6.63. The number of hydrogen-bond donors (Lipinski definition) is 0. The van der Waals surface area contributed by atoms with Gasteiger partial charge in [-0.2, -0.15) is 15.0 Å². The average Bonchev–Trinajstić information content (AvgIpc) is 2.88. The Kier molecular flexibility index (Phi) is 5.15. The highest BCUT2D eigenvalue weighted by Gasteiger charge is 2.21. The van der Waals surface area contributed by atoms with Crippen LogP contribution in [-0.4, -0.2) is 47.4 Å². The zero-order valence-electron chi connectivity index (χ0n) is 11.3. The molecule has 1 atom stereocenters. The van der Waals surface area contributed by atoms with E-state index in [0.717, 1.165) is 32.5 Å². The maximum atomic E-state index is 5.90. The molecule has 0 bridgehead atoms. The minimum atomic E-state index is 0.152. The third kappa shape index (κ3) is 3.91. The maximum absolute atomic E-state index is 5.90. The molecule has 2 heterocycles. The Morgan fingerprint density at radius 2 is 2.21 bits per heavy atom. The van der Waals surface area contributed by atoms with Crippen LogP contribution in [0.4, 0.5) is 5.95 Å². The lowest BCUT2D eigenvalue weighted by Crippen LogP contribution is -2.33. The van der Waals surface area contributed by atoms with Gasteiger partial charge >= 0.3 is 6.01 Å². The monoisotopic (exact) mass is 286 g/mol. The van der Waals surface area contributed by atoms with Crippen LogP contribution in [0.1, 0.15) is 26.7 Å². The first-order chi connectivity index (χ1) is 9.22. The molecule has 0 spiro atoms. The van der Waals surface area contributed by atoms with E-state index >= 15 is 0 Å². The number of likely N-dealkylation sites (N-methyl/N-ethyl adjacent to an activating group) is 1. The van der Waals surface area contributed by atoms with Gasteiger partial charge < -0.3 is 14.4 Å². The van der Waals surface area contributed by atoms with Crippen molar-refractivity contribution in [3.8, 4) is 6.01 Å². The summed E-state index contributed by atoms with van der Waals surface area (Å²) in [5, 5.41) is 0.152. The Balaban J connectivity index is 2.11. The lowest BCUT2D eigenvalue weighted by atomic mass is 10.2. The number of hydrogen-bond acceptors (Lipinski definition) is 6. The summed E-state index contributed by atoms with van der Waals surface area (Å²) in [6.07, 6.45) is 2.43. The standard InChI is InChI=1S/C12H19ClN4O2/c1-3-17(8-9-6-5-7-19-9)11-14-10(13)15-12(16-11)18-4-2/h9H,3-8H2,1-2H3. The third-order valence-corrected chi connectivity index (χ3v) is 3.13. The maximum Gasteiger partial charge on any atom is 0.322 e. The molecule has 0 aliphatic carbocycles. The molecular weight excluding hydrogens is 268 g/mol. The van der Waals surface area contributed by atoms with Crippen LogP contribution in [0.2, 0.25) is 5.28 Å². The second-order valence-corrected chi connectivity index (χ2v) is 4.63. The van der Waals surface area contributed by atoms with E-state index in [9.17, 15) is 0 Å². The van der Waals surface area contributed by atoms with E-state index in [4.69, 9.17) is 21.1 Å². The second-order valence-electron chi connectivity index (χ2n) is 4.29. The Morgan fingerprint density at radius 3 is 2.84 bits per heavy atom. The summed E-state index contributed by atoms with van der Waals surface area (Å²) in [7, 11) is 0. The summed E-state index contributed by atoms with van der Waals surface area (Å²) >= 11 is 5.90. The SMILES string of the molecule is CCOc1nc(Cl)nc(N(CC)CC2CCCO2)n1. The van der Waals surface area contributed by atoms with Gasteiger partial charge in [0.25, 0.3) is 0 Å². The zero-order chi connectivity index (χ0) is 13.7. The molecule has 0 saturated carbocycles. The number of nitrogens with zero attached hydrogens (tertiary/aromatic N) is 4. The molecule has 1 aliphatic heterocycles. The number of anilines is 1. The third-order valence-electron chi connectivity index (χ3n) is 2.96. The van der Waals surface area contributed by atoms with E-state index in [2.05, 4.69) is 15.0 Å². The van der Waals surface area contributed by atoms with Gasteiger partial charge in [0, 0.05) is 19.7 Å². The van der Waals surface area contributed by atoms with Crippen molar-refractivity contribution in [2.45, 2.75) is 32.8 Å². The highest BCUT2D eigenvalue weighted by Crippen LogP contribution is 2.19. The normalized spacial score (nSPS) is 18.6. The fraction of sp³-hybridized carbons (Fsp3) is 0.750. The lowest BCUT2D eigenvalue weighted by Gasteiger charge is -2.23. The zero-order valence-corrected chi connectivity index (χ0v) is 12.1. The minimum Gasteiger partial charge on any atom is -0.464 e. The van der Waals surface area contributed by atoms with Crippen LogP contribution in [0.3, 0.4) is 0 Å². The van der Waals surface area contributed by atoms with Crippen molar-refractivity contribution in [3.63, 3.8) is 0 Å². The molecule has 1 aromatic heterocycles. The van der Waals surface area contributed by atoms with E-state index < -0.39 is 0 Å². The number of aromatic nitrogens is 3. The van der Waals surface area contributed by atoms with Gasteiger partial charge in [-0.3, -0.25) is 0 Å². The molecule has 1 aliphatic rings. The van der Waals surface area contributed by atoms with Gasteiger partial charge in [-0.25, -0.2) is 0 Å². The van der Waals surface area contributed by atoms with E-state index in [0.29, 0.717) is 12.6 Å². The first-order valence-corrected chi connectivity index (χ1v) is 7.01. The molecular formula is C12H19ClN4O2. The Labute approximate surface area is 118 Å². The van der Waals surface area contributed by atoms with E-state index in [-0.39, 0.29) is 17.4 Å². The van der Waals surface area contributed by atoms with E-state index in [1.807, 2.05) is 18.7 Å². The van der Waals surface area contributed by atoms with Gasteiger partial charge in [-0.1, -0.05) is 0 Å². The summed E-state index contributed by atoms with van der Waals surface area (Å²) in [5.74, 6) is 0.543. The molecule has 106 valence electrons. The molecule has 7 heteroatoms. The van der Waals surface area contributed by atoms with Gasteiger partial charge in [0.15, 0.2) is 0 Å². The van der Waals surface area contributed by atoms with E-state index in [1.165, 1.54) is 0 Å². The van der Waals surface area contributed by atoms with Crippen molar-refractivity contribution < 1.29 is 9.47 Å². The average molecular weight is 287 g/mol.